The molecule has 30 heavy (non-hydrogen) atoms. The summed E-state index contributed by atoms with van der Waals surface area (Å²) in [5, 5.41) is 0. The minimum Gasteiger partial charge on any atom is -0.265 e. The molecular weight excluding hydrogens is 398 g/mol. The second kappa shape index (κ2) is 12.0. The molecule has 0 fully saturated rings. The highest BCUT2D eigenvalue weighted by atomic mass is 32.2. The highest BCUT2D eigenvalue weighted by molar-refractivity contribution is 8.03. The molecule has 0 aromatic heterocycles. The summed E-state index contributed by atoms with van der Waals surface area (Å²) < 4.78 is 25.4. The van der Waals surface area contributed by atoms with Gasteiger partial charge in [0.25, 0.3) is 0 Å². The number of aliphatic imine (C=N–C) groups is 2. The fourth-order valence-electron chi connectivity index (χ4n) is 2.47. The van der Waals surface area contributed by atoms with E-state index < -0.39 is 11.6 Å². The van der Waals surface area contributed by atoms with E-state index >= 15 is 0 Å². The maximum atomic E-state index is 12.9. The molecule has 2 nitrogen and oxygen atoms in total. The van der Waals surface area contributed by atoms with Gasteiger partial charge in [0.05, 0.1) is 0 Å². The van der Waals surface area contributed by atoms with Crippen molar-refractivity contribution in [3.05, 3.63) is 70.4 Å². The van der Waals surface area contributed by atoms with Crippen molar-refractivity contribution in [3.8, 4) is 0 Å². The van der Waals surface area contributed by atoms with E-state index in [0.717, 1.165) is 29.5 Å². The van der Waals surface area contributed by atoms with Gasteiger partial charge in [-0.05, 0) is 56.7 Å². The third-order valence-electron chi connectivity index (χ3n) is 4.24. The maximum absolute atomic E-state index is 12.9. The van der Waals surface area contributed by atoms with Gasteiger partial charge in [-0.25, -0.2) is 8.78 Å². The summed E-state index contributed by atoms with van der Waals surface area (Å²) in [6.45, 7) is 18.3. The minimum absolute atomic E-state index is 0.240. The normalized spacial score (nSPS) is 13.8. The van der Waals surface area contributed by atoms with Crippen molar-refractivity contribution < 1.29 is 8.78 Å². The van der Waals surface area contributed by atoms with Crippen LogP contribution in [0, 0.1) is 17.0 Å². The molecule has 0 atom stereocenters. The van der Waals surface area contributed by atoms with Gasteiger partial charge in [-0.2, -0.15) is 0 Å². The number of nitrogens with zero attached hydrogens (tertiary/aromatic N) is 2. The Bertz CT molecular complexity index is 868. The molecule has 164 valence electrons. The largest absolute Gasteiger partial charge is 0.265 e. The quantitative estimate of drug-likeness (QED) is 0.331. The van der Waals surface area contributed by atoms with Crippen LogP contribution in [-0.2, 0) is 6.42 Å². The molecule has 5 heteroatoms. The highest BCUT2D eigenvalue weighted by Gasteiger charge is 2.21. The van der Waals surface area contributed by atoms with Crippen molar-refractivity contribution in [1.82, 2.24) is 0 Å². The summed E-state index contributed by atoms with van der Waals surface area (Å²) in [7, 11) is 0. The topological polar surface area (TPSA) is 24.7 Å². The molecule has 0 amide bonds. The van der Waals surface area contributed by atoms with Crippen LogP contribution in [0.3, 0.4) is 0 Å². The van der Waals surface area contributed by atoms with Crippen molar-refractivity contribution in [2.45, 2.75) is 61.3 Å². The van der Waals surface area contributed by atoms with Gasteiger partial charge < -0.3 is 0 Å². The number of allylic oxidation sites excluding steroid dienone is 3. The van der Waals surface area contributed by atoms with Crippen molar-refractivity contribution in [3.63, 3.8) is 0 Å². The van der Waals surface area contributed by atoms with Crippen molar-refractivity contribution in [1.29, 1.82) is 0 Å². The second-order valence-electron chi connectivity index (χ2n) is 8.75. The highest BCUT2D eigenvalue weighted by Crippen LogP contribution is 2.32. The van der Waals surface area contributed by atoms with E-state index in [2.05, 4.69) is 44.3 Å². The third-order valence-corrected chi connectivity index (χ3v) is 5.28. The predicted octanol–water partition coefficient (Wildman–Crippen LogP) is 7.92. The Morgan fingerprint density at radius 1 is 1.20 bits per heavy atom. The van der Waals surface area contributed by atoms with Gasteiger partial charge in [0, 0.05) is 47.0 Å². The van der Waals surface area contributed by atoms with Gasteiger partial charge in [-0.1, -0.05) is 39.0 Å². The monoisotopic (exact) mass is 432 g/mol. The first-order valence-electron chi connectivity index (χ1n) is 10.0. The fraction of sp³-hybridized carbons (Fsp3) is 0.440. The van der Waals surface area contributed by atoms with E-state index in [1.165, 1.54) is 28.3 Å². The van der Waals surface area contributed by atoms with Crippen LogP contribution in [0.5, 0.6) is 0 Å². The minimum atomic E-state index is -0.544. The fourth-order valence-corrected chi connectivity index (χ4v) is 3.17. The first kappa shape index (κ1) is 26.0. The third kappa shape index (κ3) is 10.1. The molecule has 0 bridgehead atoms. The van der Waals surface area contributed by atoms with Crippen molar-refractivity contribution in [2.75, 3.05) is 5.75 Å². The number of hydrogen-bond donors (Lipinski definition) is 0. The predicted molar refractivity (Wildman–Crippen MR) is 129 cm³/mol. The Morgan fingerprint density at radius 3 is 2.37 bits per heavy atom. The number of rotatable bonds is 6. The van der Waals surface area contributed by atoms with E-state index in [4.69, 9.17) is 0 Å². The molecule has 0 saturated heterocycles. The standard InChI is InChI=1S/C15H24N2S.C10H10F2/c1-11(2)16-8-12(3)18-10-14-7-13(9-17-14)15(4,5)6;1-7(2)5-8-3-4-9(11)6-10(8)12/h8-9H,7,10H2,1-6H3;3-4,6H,1,5H2,2H3/b12-8+;. The Hall–Kier alpha value is -2.01. The smallest absolute Gasteiger partial charge is 0.129 e. The van der Waals surface area contributed by atoms with Crippen LogP contribution < -0.4 is 0 Å². The first-order valence-corrected chi connectivity index (χ1v) is 11.0. The van der Waals surface area contributed by atoms with Gasteiger partial charge in [0.15, 0.2) is 0 Å². The average molecular weight is 433 g/mol. The van der Waals surface area contributed by atoms with Crippen LogP contribution in [0.25, 0.3) is 0 Å². The zero-order valence-corrected chi connectivity index (χ0v) is 20.1. The second-order valence-corrected chi connectivity index (χ2v) is 9.97. The number of hydrogen-bond acceptors (Lipinski definition) is 3. The van der Waals surface area contributed by atoms with Crippen molar-refractivity contribution in [2.24, 2.45) is 15.4 Å². The van der Waals surface area contributed by atoms with Crippen molar-refractivity contribution >= 4 is 23.2 Å². The molecule has 0 N–H and O–H groups in total. The molecule has 1 aliphatic rings. The van der Waals surface area contributed by atoms with Gasteiger partial charge in [0.1, 0.15) is 11.6 Å². The molecule has 0 unspecified atom stereocenters. The molecule has 0 radical (unpaired) electrons. The molecule has 0 spiro atoms. The molecule has 1 aliphatic heterocycles. The van der Waals surface area contributed by atoms with E-state index in [1.807, 2.05) is 44.9 Å². The van der Waals surface area contributed by atoms with Crippen LogP contribution in [0.2, 0.25) is 0 Å². The summed E-state index contributed by atoms with van der Waals surface area (Å²) in [5.41, 5.74) is 5.39. The van der Waals surface area contributed by atoms with E-state index in [0.29, 0.717) is 12.0 Å². The summed E-state index contributed by atoms with van der Waals surface area (Å²) in [5.74, 6) is -0.0765. The van der Waals surface area contributed by atoms with Crippen LogP contribution in [0.1, 0.15) is 60.5 Å². The summed E-state index contributed by atoms with van der Waals surface area (Å²) in [4.78, 5) is 10.1. The average Bonchev–Trinajstić information content (AvgIpc) is 3.10. The molecule has 1 aromatic carbocycles. The molecule has 1 heterocycles. The van der Waals surface area contributed by atoms with Gasteiger partial charge in [-0.15, -0.1) is 11.8 Å². The van der Waals surface area contributed by atoms with Crippen LogP contribution in [0.4, 0.5) is 8.78 Å². The van der Waals surface area contributed by atoms with Crippen LogP contribution in [-0.4, -0.2) is 17.2 Å². The number of benzene rings is 1. The SMILES string of the molecule is C=C(C)Cc1ccc(F)cc1F.CC(C)=N/C=C(\C)SCC1=NC=C(C(C)(C)C)C1. The lowest BCUT2D eigenvalue weighted by Gasteiger charge is -2.19. The maximum Gasteiger partial charge on any atom is 0.129 e. The first-order chi connectivity index (χ1) is 13.9. The lowest BCUT2D eigenvalue weighted by atomic mass is 9.85. The Labute approximate surface area is 185 Å². The lowest BCUT2D eigenvalue weighted by molar-refractivity contribution is 0.498. The number of halogens is 2. The molecule has 1 aromatic rings. The van der Waals surface area contributed by atoms with E-state index in [-0.39, 0.29) is 5.41 Å². The number of thioether (sulfide) groups is 1. The Kier molecular flexibility index (Phi) is 10.4. The van der Waals surface area contributed by atoms with Gasteiger partial charge >= 0.3 is 0 Å². The summed E-state index contributed by atoms with van der Waals surface area (Å²) >= 11 is 1.82. The van der Waals surface area contributed by atoms with E-state index in [1.54, 1.807) is 0 Å². The summed E-state index contributed by atoms with van der Waals surface area (Å²) in [6, 6.07) is 3.58. The molecule has 0 aliphatic carbocycles. The Morgan fingerprint density at radius 2 is 1.87 bits per heavy atom. The zero-order valence-electron chi connectivity index (χ0n) is 19.3. The van der Waals surface area contributed by atoms with E-state index in [9.17, 15) is 8.78 Å². The van der Waals surface area contributed by atoms with Crippen LogP contribution >= 0.6 is 11.8 Å². The Balaban J connectivity index is 0.000000325. The molecule has 0 saturated carbocycles. The molecular formula is C25H34F2N2S. The lowest BCUT2D eigenvalue weighted by Crippen LogP contribution is -2.11. The zero-order chi connectivity index (χ0) is 22.9. The summed E-state index contributed by atoms with van der Waals surface area (Å²) in [6.07, 6.45) is 5.48. The van der Waals surface area contributed by atoms with Crippen LogP contribution in [0.15, 0.2) is 63.2 Å². The van der Waals surface area contributed by atoms with Gasteiger partial charge in [0.2, 0.25) is 0 Å². The molecule has 2 rings (SSSR count). The van der Waals surface area contributed by atoms with Gasteiger partial charge in [-0.3, -0.25) is 9.98 Å².